The highest BCUT2D eigenvalue weighted by atomic mass is 19.3. The topological polar surface area (TPSA) is 71.5 Å². The van der Waals surface area contributed by atoms with Gasteiger partial charge < -0.3 is 15.2 Å². The van der Waals surface area contributed by atoms with Crippen molar-refractivity contribution < 1.29 is 23.4 Å². The summed E-state index contributed by atoms with van der Waals surface area (Å²) in [7, 11) is 0. The van der Waals surface area contributed by atoms with Gasteiger partial charge in [-0.2, -0.15) is 8.78 Å². The number of carbonyl (C=O) groups excluding carboxylic acids is 1. The Morgan fingerprint density at radius 2 is 2.13 bits per heavy atom. The average molecular weight is 322 g/mol. The summed E-state index contributed by atoms with van der Waals surface area (Å²) in [6, 6.07) is 8.26. The number of aromatic nitrogens is 1. The molecule has 7 heteroatoms. The number of benzene rings is 1. The summed E-state index contributed by atoms with van der Waals surface area (Å²) < 4.78 is 33.4. The van der Waals surface area contributed by atoms with Crippen LogP contribution in [0.15, 0.2) is 42.6 Å². The van der Waals surface area contributed by atoms with Crippen molar-refractivity contribution in [3.05, 3.63) is 53.9 Å². The summed E-state index contributed by atoms with van der Waals surface area (Å²) in [5, 5.41) is 11.4. The maximum absolute atomic E-state index is 14.1. The zero-order valence-corrected chi connectivity index (χ0v) is 12.4. The third kappa shape index (κ3) is 3.81. The largest absolute Gasteiger partial charge is 0.494 e. The van der Waals surface area contributed by atoms with Gasteiger partial charge >= 0.3 is 11.8 Å². The molecule has 0 unspecified atom stereocenters. The van der Waals surface area contributed by atoms with Crippen molar-refractivity contribution in [1.29, 1.82) is 0 Å². The molecule has 1 aromatic carbocycles. The quantitative estimate of drug-likeness (QED) is 0.858. The number of halogens is 2. The van der Waals surface area contributed by atoms with Crippen LogP contribution in [0.25, 0.3) is 0 Å². The summed E-state index contributed by atoms with van der Waals surface area (Å²) in [5.74, 6) is -4.83. The van der Waals surface area contributed by atoms with E-state index in [1.165, 1.54) is 36.5 Å². The molecule has 0 spiro atoms. The third-order valence-electron chi connectivity index (χ3n) is 3.06. The number of nitrogens with zero attached hydrogens (tertiary/aromatic N) is 1. The molecule has 0 atom stereocenters. The average Bonchev–Trinajstić information content (AvgIpc) is 2.57. The second kappa shape index (κ2) is 7.15. The minimum absolute atomic E-state index is 0.137. The standard InChI is InChI=1S/C16H16F2N2O3/c1-2-23-13-7-6-12(9-11(13)10-21)20-15(22)16(17,18)14-5-3-4-8-19-14/h3-9,21H,2,10H2,1H3,(H,20,22). The van der Waals surface area contributed by atoms with Crippen molar-refractivity contribution in [3.63, 3.8) is 0 Å². The molecule has 1 heterocycles. The zero-order chi connectivity index (χ0) is 16.9. The van der Waals surface area contributed by atoms with E-state index in [2.05, 4.69) is 10.3 Å². The molecule has 1 amide bonds. The van der Waals surface area contributed by atoms with Crippen molar-refractivity contribution in [1.82, 2.24) is 4.98 Å². The lowest BCUT2D eigenvalue weighted by Gasteiger charge is -2.16. The molecular weight excluding hydrogens is 306 g/mol. The highest BCUT2D eigenvalue weighted by Gasteiger charge is 2.42. The number of hydrogen-bond donors (Lipinski definition) is 2. The van der Waals surface area contributed by atoms with Gasteiger partial charge in [-0.25, -0.2) is 0 Å². The smallest absolute Gasteiger partial charge is 0.366 e. The first kappa shape index (κ1) is 16.8. The number of nitrogens with one attached hydrogen (secondary N) is 1. The van der Waals surface area contributed by atoms with E-state index >= 15 is 0 Å². The molecule has 2 aromatic rings. The maximum atomic E-state index is 14.1. The van der Waals surface area contributed by atoms with Crippen LogP contribution in [0.2, 0.25) is 0 Å². The number of pyridine rings is 1. The van der Waals surface area contributed by atoms with Crippen molar-refractivity contribution in [2.75, 3.05) is 11.9 Å². The number of amides is 1. The van der Waals surface area contributed by atoms with E-state index in [1.807, 2.05) is 0 Å². The molecule has 122 valence electrons. The fraction of sp³-hybridized carbons (Fsp3) is 0.250. The fourth-order valence-corrected chi connectivity index (χ4v) is 1.95. The highest BCUT2D eigenvalue weighted by Crippen LogP contribution is 2.29. The lowest BCUT2D eigenvalue weighted by atomic mass is 10.1. The molecule has 2 N–H and O–H groups in total. The van der Waals surface area contributed by atoms with E-state index in [-0.39, 0.29) is 12.3 Å². The van der Waals surface area contributed by atoms with Crippen LogP contribution in [0.3, 0.4) is 0 Å². The van der Waals surface area contributed by atoms with Crippen molar-refractivity contribution in [3.8, 4) is 5.75 Å². The number of hydrogen-bond acceptors (Lipinski definition) is 4. The number of rotatable bonds is 6. The monoisotopic (exact) mass is 322 g/mol. The predicted molar refractivity (Wildman–Crippen MR) is 80.3 cm³/mol. The number of aliphatic hydroxyl groups excluding tert-OH is 1. The zero-order valence-electron chi connectivity index (χ0n) is 12.4. The second-order valence-corrected chi connectivity index (χ2v) is 4.66. The Kier molecular flexibility index (Phi) is 5.23. The van der Waals surface area contributed by atoms with E-state index in [0.717, 1.165) is 6.07 Å². The summed E-state index contributed by atoms with van der Waals surface area (Å²) in [6.07, 6.45) is 1.19. The number of ether oxygens (including phenoxy) is 1. The molecular formula is C16H16F2N2O3. The molecule has 0 radical (unpaired) electrons. The number of anilines is 1. The van der Waals surface area contributed by atoms with E-state index < -0.39 is 17.5 Å². The Hall–Kier alpha value is -2.54. The Labute approximate surface area is 131 Å². The van der Waals surface area contributed by atoms with Crippen LogP contribution < -0.4 is 10.1 Å². The van der Waals surface area contributed by atoms with Gasteiger partial charge in [0.05, 0.1) is 13.2 Å². The van der Waals surface area contributed by atoms with Crippen LogP contribution >= 0.6 is 0 Å². The second-order valence-electron chi connectivity index (χ2n) is 4.66. The van der Waals surface area contributed by atoms with E-state index in [4.69, 9.17) is 4.74 Å². The molecule has 0 saturated heterocycles. The third-order valence-corrected chi connectivity index (χ3v) is 3.06. The Balaban J connectivity index is 2.20. The van der Waals surface area contributed by atoms with E-state index in [9.17, 15) is 18.7 Å². The first-order valence-electron chi connectivity index (χ1n) is 6.96. The molecule has 0 bridgehead atoms. The highest BCUT2D eigenvalue weighted by molar-refractivity contribution is 5.96. The summed E-state index contributed by atoms with van der Waals surface area (Å²) in [5.41, 5.74) is -0.102. The SMILES string of the molecule is CCOc1ccc(NC(=O)C(F)(F)c2ccccn2)cc1CO. The van der Waals surface area contributed by atoms with Crippen LogP contribution in [0.4, 0.5) is 14.5 Å². The first-order chi connectivity index (χ1) is 11.0. The summed E-state index contributed by atoms with van der Waals surface area (Å²) >= 11 is 0. The Bertz CT molecular complexity index is 678. The molecule has 5 nitrogen and oxygen atoms in total. The first-order valence-corrected chi connectivity index (χ1v) is 6.96. The molecule has 0 fully saturated rings. The van der Waals surface area contributed by atoms with Crippen LogP contribution in [0.1, 0.15) is 18.2 Å². The van der Waals surface area contributed by atoms with Crippen molar-refractivity contribution in [2.24, 2.45) is 0 Å². The van der Waals surface area contributed by atoms with Gasteiger partial charge in [-0.1, -0.05) is 6.07 Å². The molecule has 2 rings (SSSR count). The minimum atomic E-state index is -3.76. The number of carbonyl (C=O) groups is 1. The predicted octanol–water partition coefficient (Wildman–Crippen LogP) is 2.70. The van der Waals surface area contributed by atoms with Gasteiger partial charge in [0.25, 0.3) is 0 Å². The van der Waals surface area contributed by atoms with Gasteiger partial charge in [-0.3, -0.25) is 9.78 Å². The summed E-state index contributed by atoms with van der Waals surface area (Å²) in [4.78, 5) is 15.4. The molecule has 1 aromatic heterocycles. The number of aliphatic hydroxyl groups is 1. The maximum Gasteiger partial charge on any atom is 0.366 e. The molecule has 0 aliphatic rings. The van der Waals surface area contributed by atoms with Gasteiger partial charge in [0, 0.05) is 17.4 Å². The van der Waals surface area contributed by atoms with Gasteiger partial charge in [0.15, 0.2) is 0 Å². The van der Waals surface area contributed by atoms with Crippen LogP contribution in [0.5, 0.6) is 5.75 Å². The summed E-state index contributed by atoms with van der Waals surface area (Å²) in [6.45, 7) is 1.84. The lowest BCUT2D eigenvalue weighted by molar-refractivity contribution is -0.141. The van der Waals surface area contributed by atoms with Gasteiger partial charge in [0.1, 0.15) is 11.4 Å². The van der Waals surface area contributed by atoms with E-state index in [0.29, 0.717) is 17.9 Å². The van der Waals surface area contributed by atoms with Crippen LogP contribution in [-0.2, 0) is 17.3 Å². The number of alkyl halides is 2. The Morgan fingerprint density at radius 1 is 1.35 bits per heavy atom. The van der Waals surface area contributed by atoms with Crippen LogP contribution in [0, 0.1) is 0 Å². The minimum Gasteiger partial charge on any atom is -0.494 e. The van der Waals surface area contributed by atoms with Gasteiger partial charge in [-0.05, 0) is 37.3 Å². The molecule has 0 aliphatic carbocycles. The molecule has 0 aliphatic heterocycles. The molecule has 23 heavy (non-hydrogen) atoms. The lowest BCUT2D eigenvalue weighted by Crippen LogP contribution is -2.33. The van der Waals surface area contributed by atoms with Gasteiger partial charge in [0.2, 0.25) is 0 Å². The normalized spacial score (nSPS) is 11.1. The Morgan fingerprint density at radius 3 is 2.74 bits per heavy atom. The van der Waals surface area contributed by atoms with Gasteiger partial charge in [-0.15, -0.1) is 0 Å². The van der Waals surface area contributed by atoms with E-state index in [1.54, 1.807) is 6.92 Å². The van der Waals surface area contributed by atoms with Crippen molar-refractivity contribution >= 4 is 11.6 Å². The fourth-order valence-electron chi connectivity index (χ4n) is 1.95. The van der Waals surface area contributed by atoms with Crippen LogP contribution in [-0.4, -0.2) is 22.6 Å². The molecule has 0 saturated carbocycles. The van der Waals surface area contributed by atoms with Crippen molar-refractivity contribution in [2.45, 2.75) is 19.5 Å².